The normalized spacial score (nSPS) is 17.1. The lowest BCUT2D eigenvalue weighted by molar-refractivity contribution is -0.139. The van der Waals surface area contributed by atoms with Gasteiger partial charge in [0.25, 0.3) is 5.91 Å². The highest BCUT2D eigenvalue weighted by Gasteiger charge is 2.44. The Bertz CT molecular complexity index is 1460. The minimum atomic E-state index is -4.39. The van der Waals surface area contributed by atoms with Gasteiger partial charge in [0, 0.05) is 18.8 Å². The lowest BCUT2D eigenvalue weighted by Gasteiger charge is -2.35. The number of nitrogens with one attached hydrogen (secondary N) is 2. The average Bonchev–Trinajstić information content (AvgIpc) is 3.48. The van der Waals surface area contributed by atoms with Gasteiger partial charge in [0.05, 0.1) is 46.7 Å². The van der Waals surface area contributed by atoms with Gasteiger partial charge in [-0.2, -0.15) is 13.2 Å². The molecule has 204 valence electrons. The van der Waals surface area contributed by atoms with E-state index in [1.54, 1.807) is 12.1 Å². The Labute approximate surface area is 217 Å². The predicted octanol–water partition coefficient (Wildman–Crippen LogP) is 3.97. The van der Waals surface area contributed by atoms with Gasteiger partial charge in [0.2, 0.25) is 10.0 Å². The molecule has 1 aliphatic carbocycles. The van der Waals surface area contributed by atoms with Gasteiger partial charge >= 0.3 is 6.18 Å². The minimum Gasteiger partial charge on any atom is -0.395 e. The predicted molar refractivity (Wildman–Crippen MR) is 138 cm³/mol. The zero-order valence-corrected chi connectivity index (χ0v) is 21.3. The second-order valence-corrected chi connectivity index (χ2v) is 11.9. The van der Waals surface area contributed by atoms with E-state index in [-0.39, 0.29) is 5.69 Å². The average molecular weight is 552 g/mol. The van der Waals surface area contributed by atoms with Gasteiger partial charge in [-0.1, -0.05) is 0 Å². The van der Waals surface area contributed by atoms with Crippen LogP contribution in [-0.2, 0) is 16.6 Å². The molecule has 2 fully saturated rings. The Balaban J connectivity index is 1.40. The van der Waals surface area contributed by atoms with E-state index in [2.05, 4.69) is 19.9 Å². The monoisotopic (exact) mass is 551 g/mol. The largest absolute Gasteiger partial charge is 0.406 e. The highest BCUT2D eigenvalue weighted by atomic mass is 32.2. The number of aliphatic hydroxyl groups is 1. The number of halogens is 3. The zero-order valence-electron chi connectivity index (χ0n) is 20.5. The van der Waals surface area contributed by atoms with E-state index in [4.69, 9.17) is 5.11 Å². The third-order valence-corrected chi connectivity index (χ3v) is 8.49. The fourth-order valence-corrected chi connectivity index (χ4v) is 5.79. The molecule has 2 aliphatic rings. The molecular formula is C25H28F3N5O4S. The second-order valence-electron chi connectivity index (χ2n) is 10.0. The van der Waals surface area contributed by atoms with Crippen molar-refractivity contribution in [3.05, 3.63) is 48.3 Å². The standard InChI is InChI=1S/C25H28F3N5O4S/c26-25(27,28)15-33-16-29-20-13-17(2-4-21(20)33)30-23(35)19-3-1-18(31-38(36,37)12-11-34)14-22(19)32-9-7-24(5-6-24)8-10-32/h1-4,13-14,16,31,34H,5-12,15H2,(H,30,35). The van der Waals surface area contributed by atoms with Crippen molar-refractivity contribution in [2.45, 2.75) is 38.4 Å². The maximum absolute atomic E-state index is 13.4. The van der Waals surface area contributed by atoms with Crippen molar-refractivity contribution in [2.75, 3.05) is 40.4 Å². The number of carbonyl (C=O) groups excluding carboxylic acids is 1. The van der Waals surface area contributed by atoms with Gasteiger partial charge < -0.3 is 19.9 Å². The molecular weight excluding hydrogens is 523 g/mol. The lowest BCUT2D eigenvalue weighted by atomic mass is 9.93. The molecule has 0 radical (unpaired) electrons. The van der Waals surface area contributed by atoms with Crippen LogP contribution in [0, 0.1) is 5.41 Å². The summed E-state index contributed by atoms with van der Waals surface area (Å²) in [6.45, 7) is -0.217. The molecule has 2 heterocycles. The van der Waals surface area contributed by atoms with Crippen molar-refractivity contribution in [2.24, 2.45) is 5.41 Å². The molecule has 0 bridgehead atoms. The van der Waals surface area contributed by atoms with Crippen LogP contribution in [0.4, 0.5) is 30.2 Å². The Morgan fingerprint density at radius 2 is 1.76 bits per heavy atom. The topological polar surface area (TPSA) is 117 Å². The molecule has 1 saturated heterocycles. The number of hydrogen-bond acceptors (Lipinski definition) is 6. The van der Waals surface area contributed by atoms with Crippen LogP contribution >= 0.6 is 0 Å². The number of piperidine rings is 1. The van der Waals surface area contributed by atoms with Crippen molar-refractivity contribution in [3.8, 4) is 0 Å². The second kappa shape index (κ2) is 9.77. The van der Waals surface area contributed by atoms with E-state index in [9.17, 15) is 26.4 Å². The minimum absolute atomic E-state index is 0.285. The number of aromatic nitrogens is 2. The summed E-state index contributed by atoms with van der Waals surface area (Å²) in [5.74, 6) is -0.886. The van der Waals surface area contributed by atoms with Crippen molar-refractivity contribution in [3.63, 3.8) is 0 Å². The summed E-state index contributed by atoms with van der Waals surface area (Å²) in [7, 11) is -3.75. The number of fused-ring (bicyclic) bond motifs is 1. The lowest BCUT2D eigenvalue weighted by Crippen LogP contribution is -2.35. The van der Waals surface area contributed by atoms with E-state index in [0.717, 1.165) is 36.8 Å². The number of carbonyl (C=O) groups is 1. The number of amides is 1. The molecule has 38 heavy (non-hydrogen) atoms. The first-order chi connectivity index (χ1) is 18.0. The molecule has 13 heteroatoms. The van der Waals surface area contributed by atoms with Crippen LogP contribution in [0.5, 0.6) is 0 Å². The molecule has 3 N–H and O–H groups in total. The van der Waals surface area contributed by atoms with Crippen LogP contribution in [0.25, 0.3) is 11.0 Å². The highest BCUT2D eigenvalue weighted by molar-refractivity contribution is 7.92. The van der Waals surface area contributed by atoms with Gasteiger partial charge in [0.15, 0.2) is 0 Å². The Morgan fingerprint density at radius 1 is 1.05 bits per heavy atom. The van der Waals surface area contributed by atoms with Crippen LogP contribution in [0.15, 0.2) is 42.7 Å². The maximum atomic E-state index is 13.4. The number of nitrogens with zero attached hydrogens (tertiary/aromatic N) is 3. The molecule has 0 unspecified atom stereocenters. The number of imidazole rings is 1. The summed E-state index contributed by atoms with van der Waals surface area (Å²) in [5.41, 5.74) is 2.57. The van der Waals surface area contributed by atoms with Gasteiger partial charge in [-0.3, -0.25) is 9.52 Å². The quantitative estimate of drug-likeness (QED) is 0.390. The van der Waals surface area contributed by atoms with Crippen molar-refractivity contribution >= 4 is 44.0 Å². The molecule has 1 spiro atoms. The Kier molecular flexibility index (Phi) is 6.76. The van der Waals surface area contributed by atoms with Gasteiger partial charge in [-0.15, -0.1) is 0 Å². The number of rotatable bonds is 8. The molecule has 0 atom stereocenters. The zero-order chi connectivity index (χ0) is 27.1. The van der Waals surface area contributed by atoms with Crippen LogP contribution in [0.3, 0.4) is 0 Å². The smallest absolute Gasteiger partial charge is 0.395 e. The molecule has 1 saturated carbocycles. The van der Waals surface area contributed by atoms with E-state index in [0.29, 0.717) is 33.4 Å². The summed E-state index contributed by atoms with van der Waals surface area (Å²) in [4.78, 5) is 19.5. The van der Waals surface area contributed by atoms with Gasteiger partial charge in [-0.05, 0) is 67.5 Å². The van der Waals surface area contributed by atoms with E-state index in [1.165, 1.54) is 37.1 Å². The van der Waals surface area contributed by atoms with E-state index < -0.39 is 41.0 Å². The molecule has 9 nitrogen and oxygen atoms in total. The number of aliphatic hydroxyl groups excluding tert-OH is 1. The highest BCUT2D eigenvalue weighted by Crippen LogP contribution is 2.54. The summed E-state index contributed by atoms with van der Waals surface area (Å²) in [5, 5.41) is 11.8. The molecule has 1 amide bonds. The fourth-order valence-electron chi connectivity index (χ4n) is 4.96. The Hall–Kier alpha value is -3.32. The first-order valence-electron chi connectivity index (χ1n) is 12.3. The van der Waals surface area contributed by atoms with Crippen molar-refractivity contribution in [1.82, 2.24) is 9.55 Å². The number of sulfonamides is 1. The number of hydrogen-bond donors (Lipinski definition) is 3. The SMILES string of the molecule is O=C(Nc1ccc2c(c1)ncn2CC(F)(F)F)c1ccc(NS(=O)(=O)CCO)cc1N1CCC2(CC1)CC2. The maximum Gasteiger partial charge on any atom is 0.406 e. The molecule has 1 aliphatic heterocycles. The van der Waals surface area contributed by atoms with E-state index in [1.807, 2.05) is 0 Å². The molecule has 1 aromatic heterocycles. The van der Waals surface area contributed by atoms with E-state index >= 15 is 0 Å². The number of benzene rings is 2. The number of anilines is 3. The summed E-state index contributed by atoms with van der Waals surface area (Å²) in [6, 6.07) is 9.15. The third-order valence-electron chi connectivity index (χ3n) is 7.23. The van der Waals surface area contributed by atoms with Crippen LogP contribution in [0.2, 0.25) is 0 Å². The van der Waals surface area contributed by atoms with Gasteiger partial charge in [-0.25, -0.2) is 13.4 Å². The van der Waals surface area contributed by atoms with Crippen LogP contribution in [-0.4, -0.2) is 60.6 Å². The van der Waals surface area contributed by atoms with Crippen LogP contribution in [0.1, 0.15) is 36.0 Å². The third kappa shape index (κ3) is 5.88. The number of alkyl halides is 3. The fraction of sp³-hybridized carbons (Fsp3) is 0.440. The summed E-state index contributed by atoms with van der Waals surface area (Å²) >= 11 is 0. The van der Waals surface area contributed by atoms with Gasteiger partial charge in [0.1, 0.15) is 6.54 Å². The molecule has 2 aromatic carbocycles. The Morgan fingerprint density at radius 3 is 2.42 bits per heavy atom. The summed E-state index contributed by atoms with van der Waals surface area (Å²) in [6.07, 6.45) is 1.12. The van der Waals surface area contributed by atoms with Crippen LogP contribution < -0.4 is 14.9 Å². The first-order valence-corrected chi connectivity index (χ1v) is 13.9. The summed E-state index contributed by atoms with van der Waals surface area (Å²) < 4.78 is 66.3. The van der Waals surface area contributed by atoms with Crippen molar-refractivity contribution in [1.29, 1.82) is 0 Å². The van der Waals surface area contributed by atoms with Crippen molar-refractivity contribution < 1.29 is 31.5 Å². The first kappa shape index (κ1) is 26.3. The molecule has 5 rings (SSSR count). The molecule has 3 aromatic rings.